The maximum Gasteiger partial charge on any atom is 0.222 e. The fraction of sp³-hybridized carbons (Fsp3) is 0.533. The van der Waals surface area contributed by atoms with E-state index >= 15 is 0 Å². The molecule has 1 heterocycles. The monoisotopic (exact) mass is 261 g/mol. The van der Waals surface area contributed by atoms with Crippen molar-refractivity contribution in [2.24, 2.45) is 0 Å². The van der Waals surface area contributed by atoms with E-state index in [9.17, 15) is 4.79 Å². The van der Waals surface area contributed by atoms with Crippen molar-refractivity contribution in [3.63, 3.8) is 0 Å². The van der Waals surface area contributed by atoms with Gasteiger partial charge in [0.05, 0.1) is 0 Å². The molecule has 1 amide bonds. The molecule has 4 heteroatoms. The number of nitrogen functional groups attached to an aromatic ring is 1. The number of nitrogens with zero attached hydrogens (tertiary/aromatic N) is 2. The second kappa shape index (κ2) is 5.95. The molecule has 104 valence electrons. The van der Waals surface area contributed by atoms with Gasteiger partial charge in [0.25, 0.3) is 0 Å². The molecular weight excluding hydrogens is 238 g/mol. The maximum atomic E-state index is 11.8. The second-order valence-corrected chi connectivity index (χ2v) is 5.16. The van der Waals surface area contributed by atoms with Crippen LogP contribution in [0.3, 0.4) is 0 Å². The lowest BCUT2D eigenvalue weighted by Gasteiger charge is -2.36. The standard InChI is InChI=1S/C15H23N3O/c1-3-4-15(19)18-9-7-17(8-10-18)13-6-5-12(2)14(16)11-13/h5-6,11H,3-4,7-10,16H2,1-2H3. The summed E-state index contributed by atoms with van der Waals surface area (Å²) in [5, 5.41) is 0. The van der Waals surface area contributed by atoms with Crippen molar-refractivity contribution in [2.75, 3.05) is 36.8 Å². The summed E-state index contributed by atoms with van der Waals surface area (Å²) in [6.45, 7) is 7.46. The number of carbonyl (C=O) groups is 1. The number of hydrogen-bond acceptors (Lipinski definition) is 3. The van der Waals surface area contributed by atoms with E-state index in [2.05, 4.69) is 17.0 Å². The first-order chi connectivity index (χ1) is 9.11. The van der Waals surface area contributed by atoms with Crippen LogP contribution in [0.15, 0.2) is 18.2 Å². The summed E-state index contributed by atoms with van der Waals surface area (Å²) in [6, 6.07) is 6.19. The summed E-state index contributed by atoms with van der Waals surface area (Å²) in [4.78, 5) is 16.1. The SMILES string of the molecule is CCCC(=O)N1CCN(c2ccc(C)c(N)c2)CC1. The number of hydrogen-bond donors (Lipinski definition) is 1. The van der Waals surface area contributed by atoms with Crippen molar-refractivity contribution in [1.82, 2.24) is 4.90 Å². The Morgan fingerprint density at radius 3 is 2.53 bits per heavy atom. The van der Waals surface area contributed by atoms with Gasteiger partial charge in [-0.25, -0.2) is 0 Å². The maximum absolute atomic E-state index is 11.8. The van der Waals surface area contributed by atoms with Gasteiger partial charge in [0.1, 0.15) is 0 Å². The Labute approximate surface area is 115 Å². The van der Waals surface area contributed by atoms with Crippen LogP contribution in [-0.2, 0) is 4.79 Å². The summed E-state index contributed by atoms with van der Waals surface area (Å²) in [5.74, 6) is 0.283. The molecule has 1 aliphatic rings. The van der Waals surface area contributed by atoms with Crippen LogP contribution < -0.4 is 10.6 Å². The number of aryl methyl sites for hydroxylation is 1. The lowest BCUT2D eigenvalue weighted by atomic mass is 10.1. The van der Waals surface area contributed by atoms with Crippen molar-refractivity contribution in [3.8, 4) is 0 Å². The van der Waals surface area contributed by atoms with E-state index in [-0.39, 0.29) is 5.91 Å². The Balaban J connectivity index is 1.96. The highest BCUT2D eigenvalue weighted by molar-refractivity contribution is 5.76. The van der Waals surface area contributed by atoms with Gasteiger partial charge in [-0.05, 0) is 31.0 Å². The Morgan fingerprint density at radius 2 is 1.95 bits per heavy atom. The summed E-state index contributed by atoms with van der Waals surface area (Å²) in [5.41, 5.74) is 9.06. The van der Waals surface area contributed by atoms with E-state index in [1.54, 1.807) is 0 Å². The number of benzene rings is 1. The van der Waals surface area contributed by atoms with Crippen LogP contribution in [-0.4, -0.2) is 37.0 Å². The number of piperazine rings is 1. The quantitative estimate of drug-likeness (QED) is 0.847. The van der Waals surface area contributed by atoms with E-state index in [4.69, 9.17) is 5.73 Å². The minimum atomic E-state index is 0.283. The van der Waals surface area contributed by atoms with Gasteiger partial charge in [-0.3, -0.25) is 4.79 Å². The molecular formula is C15H23N3O. The predicted molar refractivity (Wildman–Crippen MR) is 79.3 cm³/mol. The molecule has 0 radical (unpaired) electrons. The normalized spacial score (nSPS) is 15.7. The van der Waals surface area contributed by atoms with Gasteiger partial charge >= 0.3 is 0 Å². The summed E-state index contributed by atoms with van der Waals surface area (Å²) in [7, 11) is 0. The molecule has 2 N–H and O–H groups in total. The van der Waals surface area contributed by atoms with Crippen LogP contribution in [0.4, 0.5) is 11.4 Å². The first-order valence-electron chi connectivity index (χ1n) is 7.00. The number of amides is 1. The minimum absolute atomic E-state index is 0.283. The van der Waals surface area contributed by atoms with E-state index in [1.807, 2.05) is 24.8 Å². The number of nitrogens with two attached hydrogens (primary N) is 1. The zero-order valence-corrected chi connectivity index (χ0v) is 11.9. The molecule has 1 aromatic rings. The molecule has 1 fully saturated rings. The third kappa shape index (κ3) is 3.19. The third-order valence-corrected chi connectivity index (χ3v) is 3.72. The molecule has 4 nitrogen and oxygen atoms in total. The number of carbonyl (C=O) groups excluding carboxylic acids is 1. The molecule has 0 spiro atoms. The van der Waals surface area contributed by atoms with Crippen molar-refractivity contribution in [3.05, 3.63) is 23.8 Å². The van der Waals surface area contributed by atoms with Crippen LogP contribution in [0.5, 0.6) is 0 Å². The molecule has 1 saturated heterocycles. The predicted octanol–water partition coefficient (Wildman–Crippen LogP) is 2.03. The van der Waals surface area contributed by atoms with Crippen molar-refractivity contribution >= 4 is 17.3 Å². The van der Waals surface area contributed by atoms with Gasteiger partial charge in [-0.2, -0.15) is 0 Å². The highest BCUT2D eigenvalue weighted by Gasteiger charge is 2.20. The van der Waals surface area contributed by atoms with Crippen LogP contribution in [0.2, 0.25) is 0 Å². The van der Waals surface area contributed by atoms with Gasteiger partial charge < -0.3 is 15.5 Å². The Morgan fingerprint density at radius 1 is 1.26 bits per heavy atom. The van der Waals surface area contributed by atoms with Gasteiger partial charge in [-0.1, -0.05) is 13.0 Å². The molecule has 0 bridgehead atoms. The van der Waals surface area contributed by atoms with Gasteiger partial charge in [0, 0.05) is 44.0 Å². The fourth-order valence-electron chi connectivity index (χ4n) is 2.41. The van der Waals surface area contributed by atoms with Gasteiger partial charge in [-0.15, -0.1) is 0 Å². The van der Waals surface area contributed by atoms with E-state index in [0.29, 0.717) is 6.42 Å². The van der Waals surface area contributed by atoms with E-state index in [1.165, 1.54) is 0 Å². The number of anilines is 2. The molecule has 0 saturated carbocycles. The molecule has 1 aliphatic heterocycles. The highest BCUT2D eigenvalue weighted by atomic mass is 16.2. The lowest BCUT2D eigenvalue weighted by molar-refractivity contribution is -0.131. The molecule has 0 atom stereocenters. The Bertz CT molecular complexity index is 451. The summed E-state index contributed by atoms with van der Waals surface area (Å²) in [6.07, 6.45) is 1.59. The number of rotatable bonds is 3. The van der Waals surface area contributed by atoms with Crippen molar-refractivity contribution in [1.29, 1.82) is 0 Å². The summed E-state index contributed by atoms with van der Waals surface area (Å²) < 4.78 is 0. The molecule has 2 rings (SSSR count). The van der Waals surface area contributed by atoms with Crippen molar-refractivity contribution in [2.45, 2.75) is 26.7 Å². The Hall–Kier alpha value is -1.71. The van der Waals surface area contributed by atoms with Crippen LogP contribution >= 0.6 is 0 Å². The molecule has 0 aromatic heterocycles. The first kappa shape index (κ1) is 13.7. The third-order valence-electron chi connectivity index (χ3n) is 3.72. The van der Waals surface area contributed by atoms with Crippen LogP contribution in [0.1, 0.15) is 25.3 Å². The zero-order valence-electron chi connectivity index (χ0n) is 11.9. The molecule has 1 aromatic carbocycles. The second-order valence-electron chi connectivity index (χ2n) is 5.16. The fourth-order valence-corrected chi connectivity index (χ4v) is 2.41. The zero-order chi connectivity index (χ0) is 13.8. The average Bonchev–Trinajstić information content (AvgIpc) is 2.42. The molecule has 19 heavy (non-hydrogen) atoms. The molecule has 0 unspecified atom stereocenters. The van der Waals surface area contributed by atoms with E-state index in [0.717, 1.165) is 49.5 Å². The van der Waals surface area contributed by atoms with Crippen LogP contribution in [0.25, 0.3) is 0 Å². The van der Waals surface area contributed by atoms with E-state index < -0.39 is 0 Å². The van der Waals surface area contributed by atoms with Crippen molar-refractivity contribution < 1.29 is 4.79 Å². The smallest absolute Gasteiger partial charge is 0.222 e. The minimum Gasteiger partial charge on any atom is -0.398 e. The van der Waals surface area contributed by atoms with Gasteiger partial charge in [0.2, 0.25) is 5.91 Å². The Kier molecular flexibility index (Phi) is 4.30. The average molecular weight is 261 g/mol. The molecule has 0 aliphatic carbocycles. The largest absolute Gasteiger partial charge is 0.398 e. The van der Waals surface area contributed by atoms with Crippen LogP contribution in [0, 0.1) is 6.92 Å². The highest BCUT2D eigenvalue weighted by Crippen LogP contribution is 2.22. The first-order valence-corrected chi connectivity index (χ1v) is 7.00. The van der Waals surface area contributed by atoms with Gasteiger partial charge in [0.15, 0.2) is 0 Å². The lowest BCUT2D eigenvalue weighted by Crippen LogP contribution is -2.48. The summed E-state index contributed by atoms with van der Waals surface area (Å²) >= 11 is 0. The topological polar surface area (TPSA) is 49.6 Å².